The Morgan fingerprint density at radius 1 is 1.04 bits per heavy atom. The van der Waals surface area contributed by atoms with Crippen molar-refractivity contribution in [3.8, 4) is 5.75 Å². The van der Waals surface area contributed by atoms with Gasteiger partial charge >= 0.3 is 5.97 Å². The zero-order chi connectivity index (χ0) is 20.2. The summed E-state index contributed by atoms with van der Waals surface area (Å²) in [6.07, 6.45) is 4.70. The number of hydrogen-bond donors (Lipinski definition) is 1. The highest BCUT2D eigenvalue weighted by atomic mass is 16.5. The molecule has 2 aromatic rings. The van der Waals surface area contributed by atoms with Crippen LogP contribution in [-0.4, -0.2) is 25.1 Å². The van der Waals surface area contributed by atoms with Crippen molar-refractivity contribution < 1.29 is 19.1 Å². The molecular formula is C23H27NO4. The van der Waals surface area contributed by atoms with Gasteiger partial charge in [-0.25, -0.2) is 4.79 Å². The number of ether oxygens (including phenoxy) is 2. The van der Waals surface area contributed by atoms with Crippen LogP contribution in [0.4, 0.5) is 0 Å². The average Bonchev–Trinajstić information content (AvgIpc) is 2.72. The van der Waals surface area contributed by atoms with Gasteiger partial charge in [0.1, 0.15) is 5.75 Å². The van der Waals surface area contributed by atoms with Crippen LogP contribution in [0.25, 0.3) is 6.08 Å². The third kappa shape index (κ3) is 7.27. The molecule has 0 heterocycles. The normalized spacial score (nSPS) is 11.8. The van der Waals surface area contributed by atoms with Crippen LogP contribution in [0.5, 0.6) is 5.75 Å². The van der Waals surface area contributed by atoms with E-state index in [0.29, 0.717) is 6.61 Å². The van der Waals surface area contributed by atoms with E-state index in [1.165, 1.54) is 6.08 Å². The number of esters is 1. The molecule has 1 N–H and O–H groups in total. The predicted octanol–water partition coefficient (Wildman–Crippen LogP) is 4.30. The minimum absolute atomic E-state index is 0.0863. The predicted molar refractivity (Wildman–Crippen MR) is 110 cm³/mol. The molecule has 0 aromatic heterocycles. The fourth-order valence-corrected chi connectivity index (χ4v) is 2.72. The van der Waals surface area contributed by atoms with Crippen LogP contribution in [-0.2, 0) is 14.3 Å². The highest BCUT2D eigenvalue weighted by molar-refractivity contribution is 5.89. The van der Waals surface area contributed by atoms with Crippen molar-refractivity contribution in [3.05, 3.63) is 71.8 Å². The molecule has 5 nitrogen and oxygen atoms in total. The lowest BCUT2D eigenvalue weighted by Gasteiger charge is -2.18. The maximum atomic E-state index is 12.2. The summed E-state index contributed by atoms with van der Waals surface area (Å²) in [5.41, 5.74) is 1.89. The smallest absolute Gasteiger partial charge is 0.331 e. The number of benzene rings is 2. The van der Waals surface area contributed by atoms with Gasteiger partial charge in [0.2, 0.25) is 0 Å². The standard InChI is InChI=1S/C23H27NO4/c1-3-8-21(19-9-6-5-7-10-19)24-22(25)17-28-23(26)16-13-18-11-14-20(15-12-18)27-4-2/h5-7,9-16,21H,3-4,8,17H2,1-2H3,(H,24,25)/b16-13+/t21-/m0/s1. The summed E-state index contributed by atoms with van der Waals surface area (Å²) in [6, 6.07) is 17.0. The van der Waals surface area contributed by atoms with Crippen molar-refractivity contribution in [3.63, 3.8) is 0 Å². The molecule has 2 rings (SSSR count). The Balaban J connectivity index is 1.81. The van der Waals surface area contributed by atoms with Gasteiger partial charge in [-0.05, 0) is 42.7 Å². The van der Waals surface area contributed by atoms with Gasteiger partial charge in [-0.3, -0.25) is 4.79 Å². The molecule has 1 amide bonds. The van der Waals surface area contributed by atoms with Gasteiger partial charge in [-0.1, -0.05) is 55.8 Å². The van der Waals surface area contributed by atoms with E-state index in [1.807, 2.05) is 61.5 Å². The minimum atomic E-state index is -0.559. The first-order valence-corrected chi connectivity index (χ1v) is 9.54. The van der Waals surface area contributed by atoms with Crippen molar-refractivity contribution in [2.75, 3.05) is 13.2 Å². The van der Waals surface area contributed by atoms with E-state index in [1.54, 1.807) is 6.08 Å². The van der Waals surface area contributed by atoms with E-state index in [0.717, 1.165) is 29.7 Å². The van der Waals surface area contributed by atoms with Crippen LogP contribution in [0.15, 0.2) is 60.7 Å². The Bertz CT molecular complexity index is 769. The maximum absolute atomic E-state index is 12.2. The van der Waals surface area contributed by atoms with Crippen LogP contribution >= 0.6 is 0 Å². The average molecular weight is 381 g/mol. The lowest BCUT2D eigenvalue weighted by molar-refractivity contribution is -0.144. The van der Waals surface area contributed by atoms with Crippen LogP contribution in [0.1, 0.15) is 43.9 Å². The molecule has 148 valence electrons. The second kappa shape index (κ2) is 11.6. The highest BCUT2D eigenvalue weighted by Crippen LogP contribution is 2.18. The van der Waals surface area contributed by atoms with Gasteiger partial charge in [-0.15, -0.1) is 0 Å². The molecule has 0 aliphatic carbocycles. The highest BCUT2D eigenvalue weighted by Gasteiger charge is 2.14. The zero-order valence-corrected chi connectivity index (χ0v) is 16.4. The van der Waals surface area contributed by atoms with Gasteiger partial charge in [0.15, 0.2) is 6.61 Å². The number of carbonyl (C=O) groups excluding carboxylic acids is 2. The molecule has 0 unspecified atom stereocenters. The molecule has 0 saturated heterocycles. The molecule has 0 fully saturated rings. The number of hydrogen-bond acceptors (Lipinski definition) is 4. The molecule has 28 heavy (non-hydrogen) atoms. The van der Waals surface area contributed by atoms with Gasteiger partial charge in [0.05, 0.1) is 12.6 Å². The van der Waals surface area contributed by atoms with Crippen LogP contribution in [0.2, 0.25) is 0 Å². The van der Waals surface area contributed by atoms with Crippen LogP contribution in [0, 0.1) is 0 Å². The molecule has 0 aliphatic heterocycles. The van der Waals surface area contributed by atoms with Gasteiger partial charge < -0.3 is 14.8 Å². The first-order chi connectivity index (χ1) is 13.6. The van der Waals surface area contributed by atoms with Crippen LogP contribution < -0.4 is 10.1 Å². The van der Waals surface area contributed by atoms with Gasteiger partial charge in [-0.2, -0.15) is 0 Å². The van der Waals surface area contributed by atoms with E-state index in [9.17, 15) is 9.59 Å². The second-order valence-electron chi connectivity index (χ2n) is 6.26. The van der Waals surface area contributed by atoms with E-state index >= 15 is 0 Å². The van der Waals surface area contributed by atoms with Crippen LogP contribution in [0.3, 0.4) is 0 Å². The number of nitrogens with one attached hydrogen (secondary N) is 1. The Kier molecular flexibility index (Phi) is 8.79. The molecule has 5 heteroatoms. The first kappa shape index (κ1) is 21.2. The van der Waals surface area contributed by atoms with E-state index in [-0.39, 0.29) is 18.6 Å². The second-order valence-corrected chi connectivity index (χ2v) is 6.26. The van der Waals surface area contributed by atoms with Gasteiger partial charge in [0.25, 0.3) is 5.91 Å². The summed E-state index contributed by atoms with van der Waals surface area (Å²) in [4.78, 5) is 24.0. The molecule has 0 bridgehead atoms. The largest absolute Gasteiger partial charge is 0.494 e. The third-order valence-corrected chi connectivity index (χ3v) is 4.06. The molecule has 2 aromatic carbocycles. The number of amides is 1. The summed E-state index contributed by atoms with van der Waals surface area (Å²) in [5.74, 6) is -0.0974. The molecule has 0 radical (unpaired) electrons. The van der Waals surface area contributed by atoms with Crippen molar-refractivity contribution in [1.29, 1.82) is 0 Å². The Morgan fingerprint density at radius 3 is 2.39 bits per heavy atom. The molecule has 0 saturated carbocycles. The maximum Gasteiger partial charge on any atom is 0.331 e. The van der Waals surface area contributed by atoms with Crippen molar-refractivity contribution in [2.24, 2.45) is 0 Å². The Morgan fingerprint density at radius 2 is 1.75 bits per heavy atom. The van der Waals surface area contributed by atoms with Gasteiger partial charge in [0, 0.05) is 6.08 Å². The summed E-state index contributed by atoms with van der Waals surface area (Å²) < 4.78 is 10.4. The van der Waals surface area contributed by atoms with Crippen molar-refractivity contribution in [1.82, 2.24) is 5.32 Å². The quantitative estimate of drug-likeness (QED) is 0.492. The summed E-state index contributed by atoms with van der Waals surface area (Å²) in [6.45, 7) is 4.28. The minimum Gasteiger partial charge on any atom is -0.494 e. The number of rotatable bonds is 10. The molecule has 0 aliphatic rings. The van der Waals surface area contributed by atoms with Crippen molar-refractivity contribution >= 4 is 18.0 Å². The first-order valence-electron chi connectivity index (χ1n) is 9.54. The lowest BCUT2D eigenvalue weighted by Crippen LogP contribution is -2.32. The fraction of sp³-hybridized carbons (Fsp3) is 0.304. The number of carbonyl (C=O) groups is 2. The Labute approximate surface area is 166 Å². The summed E-state index contributed by atoms with van der Waals surface area (Å²) >= 11 is 0. The lowest BCUT2D eigenvalue weighted by atomic mass is 10.0. The monoisotopic (exact) mass is 381 g/mol. The SMILES string of the molecule is CCC[C@H](NC(=O)COC(=O)/C=C/c1ccc(OCC)cc1)c1ccccc1. The third-order valence-electron chi connectivity index (χ3n) is 4.06. The molecule has 0 spiro atoms. The fourth-order valence-electron chi connectivity index (χ4n) is 2.72. The van der Waals surface area contributed by atoms with E-state index < -0.39 is 5.97 Å². The molecular weight excluding hydrogens is 354 g/mol. The topological polar surface area (TPSA) is 64.6 Å². The zero-order valence-electron chi connectivity index (χ0n) is 16.4. The van der Waals surface area contributed by atoms with E-state index in [4.69, 9.17) is 9.47 Å². The summed E-state index contributed by atoms with van der Waals surface area (Å²) in [5, 5.41) is 2.93. The summed E-state index contributed by atoms with van der Waals surface area (Å²) in [7, 11) is 0. The Hall–Kier alpha value is -3.08. The molecule has 1 atom stereocenters. The van der Waals surface area contributed by atoms with E-state index in [2.05, 4.69) is 12.2 Å². The van der Waals surface area contributed by atoms with Crippen molar-refractivity contribution in [2.45, 2.75) is 32.7 Å².